The Labute approximate surface area is 111 Å². The van der Waals surface area contributed by atoms with E-state index in [-0.39, 0.29) is 0 Å². The maximum absolute atomic E-state index is 11.9. The fourth-order valence-corrected chi connectivity index (χ4v) is 1.67. The van der Waals surface area contributed by atoms with Crippen LogP contribution in [0.3, 0.4) is 0 Å². The summed E-state index contributed by atoms with van der Waals surface area (Å²) in [6.07, 6.45) is -1.20. The minimum absolute atomic E-state index is 0.462. The van der Waals surface area contributed by atoms with Gasteiger partial charge in [-0.3, -0.25) is 4.79 Å². The maximum Gasteiger partial charge on any atom is 0.257 e. The lowest BCUT2D eigenvalue weighted by atomic mass is 10.1. The molecule has 2 aromatic rings. The number of benzene rings is 2. The van der Waals surface area contributed by atoms with Crippen molar-refractivity contribution in [1.82, 2.24) is 0 Å². The minimum Gasteiger partial charge on any atom is -0.497 e. The number of ether oxygens (including phenoxy) is 1. The zero-order valence-electron chi connectivity index (χ0n) is 10.5. The standard InChI is InChI=1S/C15H15NO3/c1-19-13-9-7-11(8-10-13)14(17)15(18)16-12-5-3-2-4-6-12/h2-10,14,17H,1H3,(H,16,18)/t14-/m1/s1. The number of aliphatic hydroxyl groups is 1. The first-order valence-corrected chi connectivity index (χ1v) is 5.88. The van der Waals surface area contributed by atoms with Gasteiger partial charge in [0.25, 0.3) is 5.91 Å². The zero-order valence-corrected chi connectivity index (χ0v) is 10.5. The van der Waals surface area contributed by atoms with Crippen molar-refractivity contribution < 1.29 is 14.6 Å². The van der Waals surface area contributed by atoms with Crippen LogP contribution in [0.2, 0.25) is 0 Å². The molecule has 0 bridgehead atoms. The van der Waals surface area contributed by atoms with E-state index in [1.807, 2.05) is 18.2 Å². The molecule has 2 N–H and O–H groups in total. The summed E-state index contributed by atoms with van der Waals surface area (Å²) in [4.78, 5) is 11.9. The van der Waals surface area contributed by atoms with E-state index < -0.39 is 12.0 Å². The first kappa shape index (κ1) is 13.1. The highest BCUT2D eigenvalue weighted by molar-refractivity contribution is 5.94. The first-order valence-electron chi connectivity index (χ1n) is 5.88. The number of hydrogen-bond acceptors (Lipinski definition) is 3. The molecule has 0 heterocycles. The number of aliphatic hydroxyl groups excluding tert-OH is 1. The third-order valence-electron chi connectivity index (χ3n) is 2.72. The second kappa shape index (κ2) is 6.02. The molecule has 2 aromatic carbocycles. The molecular weight excluding hydrogens is 242 g/mol. The van der Waals surface area contributed by atoms with Gasteiger partial charge in [-0.15, -0.1) is 0 Å². The molecule has 2 rings (SSSR count). The Bertz CT molecular complexity index is 537. The number of anilines is 1. The summed E-state index contributed by atoms with van der Waals surface area (Å²) in [5.41, 5.74) is 1.18. The summed E-state index contributed by atoms with van der Waals surface area (Å²) >= 11 is 0. The monoisotopic (exact) mass is 257 g/mol. The second-order valence-electron chi connectivity index (χ2n) is 4.03. The van der Waals surface area contributed by atoms with Crippen LogP contribution in [-0.2, 0) is 4.79 Å². The number of amides is 1. The molecule has 0 saturated heterocycles. The lowest BCUT2D eigenvalue weighted by molar-refractivity contribution is -0.124. The Hall–Kier alpha value is -2.33. The molecule has 1 amide bonds. The second-order valence-corrected chi connectivity index (χ2v) is 4.03. The molecule has 0 aliphatic carbocycles. The van der Waals surface area contributed by atoms with Crippen molar-refractivity contribution in [2.45, 2.75) is 6.10 Å². The number of rotatable bonds is 4. The van der Waals surface area contributed by atoms with Crippen molar-refractivity contribution in [2.75, 3.05) is 12.4 Å². The predicted octanol–water partition coefficient (Wildman–Crippen LogP) is 2.37. The van der Waals surface area contributed by atoms with E-state index >= 15 is 0 Å². The molecule has 4 nitrogen and oxygen atoms in total. The van der Waals surface area contributed by atoms with Gasteiger partial charge in [0, 0.05) is 5.69 Å². The number of carbonyl (C=O) groups is 1. The summed E-state index contributed by atoms with van der Waals surface area (Å²) in [6, 6.07) is 15.7. The van der Waals surface area contributed by atoms with Crippen molar-refractivity contribution in [1.29, 1.82) is 0 Å². The smallest absolute Gasteiger partial charge is 0.257 e. The van der Waals surface area contributed by atoms with E-state index in [4.69, 9.17) is 4.74 Å². The van der Waals surface area contributed by atoms with Gasteiger partial charge in [-0.05, 0) is 29.8 Å². The molecule has 0 aliphatic heterocycles. The summed E-state index contributed by atoms with van der Waals surface area (Å²) in [7, 11) is 1.56. The van der Waals surface area contributed by atoms with Gasteiger partial charge in [0.1, 0.15) is 5.75 Å². The topological polar surface area (TPSA) is 58.6 Å². The van der Waals surface area contributed by atoms with Crippen molar-refractivity contribution in [3.05, 3.63) is 60.2 Å². The number of nitrogens with one attached hydrogen (secondary N) is 1. The number of para-hydroxylation sites is 1. The van der Waals surface area contributed by atoms with Gasteiger partial charge < -0.3 is 15.2 Å². The fourth-order valence-electron chi connectivity index (χ4n) is 1.67. The first-order chi connectivity index (χ1) is 9.20. The van der Waals surface area contributed by atoms with Gasteiger partial charge >= 0.3 is 0 Å². The summed E-state index contributed by atoms with van der Waals surface area (Å²) in [6.45, 7) is 0. The average Bonchev–Trinajstić information content (AvgIpc) is 2.47. The van der Waals surface area contributed by atoms with E-state index in [1.165, 1.54) is 0 Å². The normalized spacial score (nSPS) is 11.7. The molecule has 0 radical (unpaired) electrons. The van der Waals surface area contributed by atoms with Crippen LogP contribution in [0, 0.1) is 0 Å². The Morgan fingerprint density at radius 1 is 1.11 bits per heavy atom. The molecule has 0 aliphatic rings. The van der Waals surface area contributed by atoms with Crippen molar-refractivity contribution in [3.8, 4) is 5.75 Å². The van der Waals surface area contributed by atoms with E-state index in [2.05, 4.69) is 5.32 Å². The fraction of sp³-hybridized carbons (Fsp3) is 0.133. The number of carbonyl (C=O) groups excluding carboxylic acids is 1. The quantitative estimate of drug-likeness (QED) is 0.884. The van der Waals surface area contributed by atoms with Crippen LogP contribution >= 0.6 is 0 Å². The molecule has 98 valence electrons. The summed E-state index contributed by atoms with van der Waals surface area (Å²) in [5, 5.41) is 12.6. The van der Waals surface area contributed by atoms with Crippen LogP contribution in [-0.4, -0.2) is 18.1 Å². The molecule has 0 unspecified atom stereocenters. The van der Waals surface area contributed by atoms with Gasteiger partial charge in [0.2, 0.25) is 0 Å². The molecule has 19 heavy (non-hydrogen) atoms. The Kier molecular flexibility index (Phi) is 4.15. The van der Waals surface area contributed by atoms with Crippen molar-refractivity contribution in [2.24, 2.45) is 0 Å². The molecule has 0 saturated carbocycles. The highest BCUT2D eigenvalue weighted by Crippen LogP contribution is 2.19. The van der Waals surface area contributed by atoms with E-state index in [0.29, 0.717) is 17.0 Å². The van der Waals surface area contributed by atoms with Gasteiger partial charge in [-0.1, -0.05) is 30.3 Å². The van der Waals surface area contributed by atoms with Crippen LogP contribution in [0.4, 0.5) is 5.69 Å². The Morgan fingerprint density at radius 3 is 2.32 bits per heavy atom. The van der Waals surface area contributed by atoms with Crippen LogP contribution in [0.25, 0.3) is 0 Å². The van der Waals surface area contributed by atoms with Crippen LogP contribution in [0.5, 0.6) is 5.75 Å². The Morgan fingerprint density at radius 2 is 1.74 bits per heavy atom. The highest BCUT2D eigenvalue weighted by atomic mass is 16.5. The molecule has 4 heteroatoms. The molecular formula is C15H15NO3. The maximum atomic E-state index is 11.9. The van der Waals surface area contributed by atoms with Gasteiger partial charge in [0.15, 0.2) is 6.10 Å². The predicted molar refractivity (Wildman–Crippen MR) is 73.0 cm³/mol. The van der Waals surface area contributed by atoms with Crippen molar-refractivity contribution in [3.63, 3.8) is 0 Å². The molecule has 0 spiro atoms. The minimum atomic E-state index is -1.20. The number of methoxy groups -OCH3 is 1. The van der Waals surface area contributed by atoms with Gasteiger partial charge in [-0.2, -0.15) is 0 Å². The van der Waals surface area contributed by atoms with E-state index in [0.717, 1.165) is 0 Å². The summed E-state index contributed by atoms with van der Waals surface area (Å²) in [5.74, 6) is 0.218. The van der Waals surface area contributed by atoms with Crippen LogP contribution < -0.4 is 10.1 Å². The van der Waals surface area contributed by atoms with Crippen LogP contribution in [0.15, 0.2) is 54.6 Å². The average molecular weight is 257 g/mol. The van der Waals surface area contributed by atoms with E-state index in [9.17, 15) is 9.90 Å². The molecule has 0 aromatic heterocycles. The largest absolute Gasteiger partial charge is 0.497 e. The SMILES string of the molecule is COc1ccc([C@@H](O)C(=O)Nc2ccccc2)cc1. The molecule has 1 atom stereocenters. The third-order valence-corrected chi connectivity index (χ3v) is 2.72. The zero-order chi connectivity index (χ0) is 13.7. The lowest BCUT2D eigenvalue weighted by Gasteiger charge is -2.12. The lowest BCUT2D eigenvalue weighted by Crippen LogP contribution is -2.20. The number of hydrogen-bond donors (Lipinski definition) is 2. The molecule has 0 fully saturated rings. The van der Waals surface area contributed by atoms with Gasteiger partial charge in [-0.25, -0.2) is 0 Å². The van der Waals surface area contributed by atoms with Crippen LogP contribution in [0.1, 0.15) is 11.7 Å². The van der Waals surface area contributed by atoms with Gasteiger partial charge in [0.05, 0.1) is 7.11 Å². The Balaban J connectivity index is 2.06. The third kappa shape index (κ3) is 3.33. The highest BCUT2D eigenvalue weighted by Gasteiger charge is 2.17. The van der Waals surface area contributed by atoms with Crippen molar-refractivity contribution >= 4 is 11.6 Å². The summed E-state index contributed by atoms with van der Waals surface area (Å²) < 4.78 is 5.02. The van der Waals surface area contributed by atoms with E-state index in [1.54, 1.807) is 43.5 Å².